The van der Waals surface area contributed by atoms with Crippen LogP contribution < -0.4 is 10.6 Å². The highest BCUT2D eigenvalue weighted by molar-refractivity contribution is 9.10. The van der Waals surface area contributed by atoms with Crippen LogP contribution in [0.1, 0.15) is 0 Å². The fraction of sp³-hybridized carbons (Fsp3) is 0.300. The molecule has 2 rings (SSSR count). The number of anilines is 1. The fourth-order valence-electron chi connectivity index (χ4n) is 1.40. The normalized spacial score (nSPS) is 19.7. The van der Waals surface area contributed by atoms with Crippen molar-refractivity contribution in [2.75, 3.05) is 16.9 Å². The van der Waals surface area contributed by atoms with Gasteiger partial charge in [0.25, 0.3) is 0 Å². The van der Waals surface area contributed by atoms with Crippen molar-refractivity contribution in [2.45, 2.75) is 6.04 Å². The van der Waals surface area contributed by atoms with Crippen LogP contribution in [0.3, 0.4) is 0 Å². The van der Waals surface area contributed by atoms with Crippen LogP contribution in [-0.2, 0) is 4.79 Å². The van der Waals surface area contributed by atoms with Gasteiger partial charge in [-0.05, 0) is 28.1 Å². The van der Waals surface area contributed by atoms with E-state index in [0.29, 0.717) is 10.2 Å². The molecule has 0 radical (unpaired) electrons. The Morgan fingerprint density at radius 3 is 3.12 bits per heavy atom. The Balaban J connectivity index is 2.08. The van der Waals surface area contributed by atoms with Gasteiger partial charge in [0.15, 0.2) is 5.75 Å². The molecule has 1 unspecified atom stereocenters. The molecule has 1 fully saturated rings. The van der Waals surface area contributed by atoms with Crippen molar-refractivity contribution in [2.24, 2.45) is 0 Å². The van der Waals surface area contributed by atoms with Crippen molar-refractivity contribution in [1.82, 2.24) is 5.32 Å². The third-order valence-electron chi connectivity index (χ3n) is 2.28. The molecule has 1 saturated heterocycles. The van der Waals surface area contributed by atoms with Crippen LogP contribution in [0.15, 0.2) is 22.7 Å². The van der Waals surface area contributed by atoms with Crippen LogP contribution in [0.2, 0.25) is 0 Å². The van der Waals surface area contributed by atoms with Crippen LogP contribution in [-0.4, -0.2) is 28.7 Å². The number of nitrogens with one attached hydrogen (secondary N) is 2. The lowest BCUT2D eigenvalue weighted by atomic mass is 10.2. The average molecular weight is 303 g/mol. The Hall–Kier alpha value is -0.720. The predicted molar refractivity (Wildman–Crippen MR) is 68.7 cm³/mol. The molecule has 0 bridgehead atoms. The highest BCUT2D eigenvalue weighted by Crippen LogP contribution is 2.31. The molecule has 3 N–H and O–H groups in total. The molecule has 1 atom stereocenters. The summed E-state index contributed by atoms with van der Waals surface area (Å²) in [5, 5.41) is 15.5. The van der Waals surface area contributed by atoms with Gasteiger partial charge in [-0.3, -0.25) is 10.1 Å². The molecule has 0 saturated carbocycles. The summed E-state index contributed by atoms with van der Waals surface area (Å²) in [5.41, 5.74) is 0.429. The smallest absolute Gasteiger partial charge is 0.242 e. The zero-order valence-corrected chi connectivity index (χ0v) is 10.8. The summed E-state index contributed by atoms with van der Waals surface area (Å²) in [6, 6.07) is 4.97. The van der Waals surface area contributed by atoms with E-state index in [1.807, 2.05) is 0 Å². The lowest BCUT2D eigenvalue weighted by molar-refractivity contribution is -0.117. The van der Waals surface area contributed by atoms with Gasteiger partial charge < -0.3 is 10.4 Å². The van der Waals surface area contributed by atoms with Crippen molar-refractivity contribution < 1.29 is 9.90 Å². The maximum atomic E-state index is 11.8. The number of carbonyl (C=O) groups excluding carboxylic acids is 1. The quantitative estimate of drug-likeness (QED) is 0.729. The highest BCUT2D eigenvalue weighted by Gasteiger charge is 2.23. The number of carbonyl (C=O) groups is 1. The van der Waals surface area contributed by atoms with Crippen molar-refractivity contribution >= 4 is 39.3 Å². The van der Waals surface area contributed by atoms with Crippen LogP contribution in [0.4, 0.5) is 5.69 Å². The van der Waals surface area contributed by atoms with Gasteiger partial charge in [-0.15, -0.1) is 11.8 Å². The van der Waals surface area contributed by atoms with E-state index in [0.717, 1.165) is 11.6 Å². The zero-order valence-electron chi connectivity index (χ0n) is 8.37. The van der Waals surface area contributed by atoms with E-state index in [1.54, 1.807) is 30.0 Å². The van der Waals surface area contributed by atoms with Crippen molar-refractivity contribution in [3.8, 4) is 5.75 Å². The molecule has 0 aliphatic carbocycles. The Morgan fingerprint density at radius 2 is 2.44 bits per heavy atom. The molecule has 1 aliphatic heterocycles. The molecular formula is C10H11BrN2O2S. The third-order valence-corrected chi connectivity index (χ3v) is 3.86. The third kappa shape index (κ3) is 2.50. The Morgan fingerprint density at radius 1 is 1.62 bits per heavy atom. The lowest BCUT2D eigenvalue weighted by Crippen LogP contribution is -2.37. The van der Waals surface area contributed by atoms with Crippen LogP contribution in [0, 0.1) is 0 Å². The highest BCUT2D eigenvalue weighted by atomic mass is 79.9. The molecule has 0 aromatic heterocycles. The minimum absolute atomic E-state index is 0.0569. The first-order chi connectivity index (χ1) is 7.68. The van der Waals surface area contributed by atoms with Gasteiger partial charge in [0.2, 0.25) is 5.91 Å². The first-order valence-corrected chi connectivity index (χ1v) is 6.72. The van der Waals surface area contributed by atoms with Crippen LogP contribution in [0.5, 0.6) is 5.75 Å². The summed E-state index contributed by atoms with van der Waals surface area (Å²) in [5.74, 6) is 1.50. The molecule has 1 aromatic carbocycles. The minimum atomic E-state index is -0.177. The van der Waals surface area contributed by atoms with Crippen LogP contribution >= 0.6 is 27.7 Å². The number of phenolic OH excluding ortho intramolecular Hbond substituents is 1. The van der Waals surface area contributed by atoms with Gasteiger partial charge in [0, 0.05) is 11.6 Å². The van der Waals surface area contributed by atoms with Crippen molar-refractivity contribution in [1.29, 1.82) is 0 Å². The number of hydrogen-bond acceptors (Lipinski definition) is 4. The summed E-state index contributed by atoms with van der Waals surface area (Å²) < 4.78 is 0.569. The maximum Gasteiger partial charge on any atom is 0.242 e. The van der Waals surface area contributed by atoms with E-state index in [9.17, 15) is 9.90 Å². The number of benzene rings is 1. The van der Waals surface area contributed by atoms with Gasteiger partial charge in [-0.25, -0.2) is 0 Å². The van der Waals surface area contributed by atoms with Gasteiger partial charge in [-0.2, -0.15) is 0 Å². The number of para-hydroxylation sites is 1. The van der Waals surface area contributed by atoms with Crippen LogP contribution in [0.25, 0.3) is 0 Å². The first-order valence-electron chi connectivity index (χ1n) is 4.78. The van der Waals surface area contributed by atoms with Gasteiger partial charge in [0.1, 0.15) is 0 Å². The molecule has 1 aromatic rings. The van der Waals surface area contributed by atoms with Crippen molar-refractivity contribution in [3.05, 3.63) is 22.7 Å². The van der Waals surface area contributed by atoms with E-state index in [2.05, 4.69) is 26.6 Å². The standard InChI is InChI=1S/C10H11BrN2O2S/c11-6-2-1-3-7(9(6)14)13-10(15)8-4-16-5-12-8/h1-3,8,12,14H,4-5H2,(H,13,15). The van der Waals surface area contributed by atoms with E-state index in [1.165, 1.54) is 0 Å². The number of aromatic hydroxyl groups is 1. The Kier molecular flexibility index (Phi) is 3.73. The van der Waals surface area contributed by atoms with E-state index in [4.69, 9.17) is 0 Å². The predicted octanol–water partition coefficient (Wildman–Crippen LogP) is 1.76. The monoisotopic (exact) mass is 302 g/mol. The topological polar surface area (TPSA) is 61.4 Å². The Labute approximate surface area is 106 Å². The second-order valence-electron chi connectivity index (χ2n) is 3.40. The number of thioether (sulfide) groups is 1. The van der Waals surface area contributed by atoms with Crippen molar-refractivity contribution in [3.63, 3.8) is 0 Å². The average Bonchev–Trinajstić information content (AvgIpc) is 2.78. The van der Waals surface area contributed by atoms with E-state index < -0.39 is 0 Å². The first kappa shape index (κ1) is 11.8. The number of rotatable bonds is 2. The lowest BCUT2D eigenvalue weighted by Gasteiger charge is -2.12. The second-order valence-corrected chi connectivity index (χ2v) is 5.28. The number of amides is 1. The van der Waals surface area contributed by atoms with Gasteiger partial charge >= 0.3 is 0 Å². The SMILES string of the molecule is O=C(Nc1cccc(Br)c1O)C1CSCN1. The maximum absolute atomic E-state index is 11.8. The summed E-state index contributed by atoms with van der Waals surface area (Å²) in [4.78, 5) is 11.8. The summed E-state index contributed by atoms with van der Waals surface area (Å²) in [7, 11) is 0. The number of halogens is 1. The minimum Gasteiger partial charge on any atom is -0.505 e. The molecule has 1 aliphatic rings. The molecule has 1 heterocycles. The second kappa shape index (κ2) is 5.07. The summed E-state index contributed by atoms with van der Waals surface area (Å²) in [6.45, 7) is 0. The number of hydrogen-bond donors (Lipinski definition) is 3. The largest absolute Gasteiger partial charge is 0.505 e. The fourth-order valence-corrected chi connectivity index (χ4v) is 2.71. The molecular weight excluding hydrogens is 292 g/mol. The van der Waals surface area contributed by atoms with E-state index in [-0.39, 0.29) is 17.7 Å². The number of phenols is 1. The molecule has 6 heteroatoms. The van der Waals surface area contributed by atoms with Gasteiger partial charge in [-0.1, -0.05) is 6.07 Å². The zero-order chi connectivity index (χ0) is 11.5. The molecule has 4 nitrogen and oxygen atoms in total. The summed E-state index contributed by atoms with van der Waals surface area (Å²) >= 11 is 4.88. The molecule has 16 heavy (non-hydrogen) atoms. The summed E-state index contributed by atoms with van der Waals surface area (Å²) in [6.07, 6.45) is 0. The molecule has 1 amide bonds. The van der Waals surface area contributed by atoms with Gasteiger partial charge in [0.05, 0.1) is 16.2 Å². The molecule has 0 spiro atoms. The van der Waals surface area contributed by atoms with E-state index >= 15 is 0 Å². The Bertz CT molecular complexity index is 408. The molecule has 86 valence electrons.